The molecule has 1 N–H and O–H groups in total. The summed E-state index contributed by atoms with van der Waals surface area (Å²) in [5.74, 6) is -2.34. The molecule has 0 bridgehead atoms. The third-order valence-electron chi connectivity index (χ3n) is 3.08. The quantitative estimate of drug-likeness (QED) is 0.924. The summed E-state index contributed by atoms with van der Waals surface area (Å²) < 4.78 is 31.6. The van der Waals surface area contributed by atoms with Gasteiger partial charge in [0.05, 0.1) is 11.7 Å². The Labute approximate surface area is 108 Å². The minimum atomic E-state index is -1.46. The second-order valence-corrected chi connectivity index (χ2v) is 4.55. The molecule has 2 rings (SSSR count). The zero-order valence-corrected chi connectivity index (χ0v) is 10.2. The highest BCUT2D eigenvalue weighted by Crippen LogP contribution is 2.30. The highest BCUT2D eigenvalue weighted by atomic mass is 19.1. The van der Waals surface area contributed by atoms with Crippen molar-refractivity contribution < 1.29 is 23.1 Å². The summed E-state index contributed by atoms with van der Waals surface area (Å²) in [6, 6.07) is 6.01. The lowest BCUT2D eigenvalue weighted by Gasteiger charge is -2.24. The lowest BCUT2D eigenvalue weighted by molar-refractivity contribution is -0.143. The summed E-state index contributed by atoms with van der Waals surface area (Å²) in [5.41, 5.74) is -1.39. The molecule has 0 saturated heterocycles. The molecule has 1 aromatic heterocycles. The standard InChI is InChI=1S/C14H12F2O3/c1-14(13(17)18,8-12-3-2-4-19-12)9-5-10(15)7-11(16)6-9/h2-7H,8H2,1H3,(H,17,18). The van der Waals surface area contributed by atoms with Gasteiger partial charge in [0.25, 0.3) is 0 Å². The SMILES string of the molecule is CC(Cc1ccco1)(C(=O)O)c1cc(F)cc(F)c1. The Bertz CT molecular complexity index is 572. The van der Waals surface area contributed by atoms with Crippen LogP contribution in [0.4, 0.5) is 8.78 Å². The van der Waals surface area contributed by atoms with Gasteiger partial charge in [-0.15, -0.1) is 0 Å². The molecule has 0 radical (unpaired) electrons. The van der Waals surface area contributed by atoms with Gasteiger partial charge in [0.15, 0.2) is 0 Å². The van der Waals surface area contributed by atoms with Crippen LogP contribution >= 0.6 is 0 Å². The Morgan fingerprint density at radius 1 is 1.32 bits per heavy atom. The van der Waals surface area contributed by atoms with Gasteiger partial charge < -0.3 is 9.52 Å². The zero-order valence-electron chi connectivity index (χ0n) is 10.2. The Balaban J connectivity index is 2.46. The number of aliphatic carboxylic acids is 1. The molecule has 1 unspecified atom stereocenters. The van der Waals surface area contributed by atoms with Gasteiger partial charge in [-0.05, 0) is 36.8 Å². The highest BCUT2D eigenvalue weighted by molar-refractivity contribution is 5.81. The number of hydrogen-bond acceptors (Lipinski definition) is 2. The van der Waals surface area contributed by atoms with Crippen LogP contribution in [-0.2, 0) is 16.6 Å². The van der Waals surface area contributed by atoms with Crippen LogP contribution in [0.5, 0.6) is 0 Å². The number of carboxylic acids is 1. The van der Waals surface area contributed by atoms with Gasteiger partial charge in [0, 0.05) is 12.5 Å². The van der Waals surface area contributed by atoms with Gasteiger partial charge in [-0.25, -0.2) is 8.78 Å². The van der Waals surface area contributed by atoms with E-state index in [2.05, 4.69) is 0 Å². The predicted molar refractivity (Wildman–Crippen MR) is 63.8 cm³/mol. The smallest absolute Gasteiger partial charge is 0.314 e. The first kappa shape index (κ1) is 13.3. The summed E-state index contributed by atoms with van der Waals surface area (Å²) in [4.78, 5) is 11.5. The van der Waals surface area contributed by atoms with Crippen LogP contribution < -0.4 is 0 Å². The number of furan rings is 1. The molecule has 0 saturated carbocycles. The molecular weight excluding hydrogens is 254 g/mol. The van der Waals surface area contributed by atoms with E-state index < -0.39 is 23.0 Å². The summed E-state index contributed by atoms with van der Waals surface area (Å²) in [7, 11) is 0. The average Bonchev–Trinajstić information content (AvgIpc) is 2.79. The van der Waals surface area contributed by atoms with E-state index in [1.165, 1.54) is 13.2 Å². The molecule has 0 fully saturated rings. The summed E-state index contributed by atoms with van der Waals surface area (Å²) in [6.07, 6.45) is 1.43. The number of halogens is 2. The molecule has 5 heteroatoms. The van der Waals surface area contributed by atoms with E-state index in [-0.39, 0.29) is 12.0 Å². The predicted octanol–water partition coefficient (Wildman–Crippen LogP) is 3.14. The number of carboxylic acid groups (broad SMARTS) is 1. The number of benzene rings is 1. The molecule has 1 aromatic carbocycles. The maximum absolute atomic E-state index is 13.2. The van der Waals surface area contributed by atoms with Crippen molar-refractivity contribution in [1.29, 1.82) is 0 Å². The van der Waals surface area contributed by atoms with Gasteiger partial charge in [0.1, 0.15) is 17.4 Å². The third kappa shape index (κ3) is 2.65. The fourth-order valence-corrected chi connectivity index (χ4v) is 1.94. The molecule has 0 spiro atoms. The first-order valence-corrected chi connectivity index (χ1v) is 5.64. The van der Waals surface area contributed by atoms with Crippen molar-refractivity contribution in [3.63, 3.8) is 0 Å². The fraction of sp³-hybridized carbons (Fsp3) is 0.214. The zero-order chi connectivity index (χ0) is 14.0. The molecule has 2 aromatic rings. The van der Waals surface area contributed by atoms with Crippen molar-refractivity contribution in [1.82, 2.24) is 0 Å². The lowest BCUT2D eigenvalue weighted by Crippen LogP contribution is -2.35. The third-order valence-corrected chi connectivity index (χ3v) is 3.08. The lowest BCUT2D eigenvalue weighted by atomic mass is 9.78. The maximum atomic E-state index is 13.2. The van der Waals surface area contributed by atoms with Gasteiger partial charge in [-0.2, -0.15) is 0 Å². The Morgan fingerprint density at radius 3 is 2.42 bits per heavy atom. The van der Waals surface area contributed by atoms with Crippen molar-refractivity contribution in [3.05, 3.63) is 59.6 Å². The molecule has 1 atom stereocenters. The van der Waals surface area contributed by atoms with Crippen molar-refractivity contribution in [2.45, 2.75) is 18.8 Å². The van der Waals surface area contributed by atoms with Crippen molar-refractivity contribution in [2.24, 2.45) is 0 Å². The van der Waals surface area contributed by atoms with Gasteiger partial charge >= 0.3 is 5.97 Å². The molecule has 100 valence electrons. The summed E-state index contributed by atoms with van der Waals surface area (Å²) >= 11 is 0. The minimum Gasteiger partial charge on any atom is -0.481 e. The molecule has 1 heterocycles. The van der Waals surface area contributed by atoms with Crippen molar-refractivity contribution in [2.75, 3.05) is 0 Å². The van der Waals surface area contributed by atoms with Gasteiger partial charge in [0.2, 0.25) is 0 Å². The fourth-order valence-electron chi connectivity index (χ4n) is 1.94. The van der Waals surface area contributed by atoms with Gasteiger partial charge in [-0.3, -0.25) is 4.79 Å². The van der Waals surface area contributed by atoms with E-state index in [1.807, 2.05) is 0 Å². The second kappa shape index (κ2) is 4.84. The molecule has 0 amide bonds. The first-order valence-electron chi connectivity index (χ1n) is 5.64. The average molecular weight is 266 g/mol. The van der Waals surface area contributed by atoms with Crippen LogP contribution in [0.15, 0.2) is 41.0 Å². The normalized spacial score (nSPS) is 14.1. The molecular formula is C14H12F2O3. The van der Waals surface area contributed by atoms with Crippen molar-refractivity contribution >= 4 is 5.97 Å². The Hall–Kier alpha value is -2.17. The van der Waals surface area contributed by atoms with Crippen LogP contribution in [0, 0.1) is 11.6 Å². The number of rotatable bonds is 4. The molecule has 0 aliphatic carbocycles. The van der Waals surface area contributed by atoms with E-state index in [1.54, 1.807) is 12.1 Å². The molecule has 0 aliphatic rings. The van der Waals surface area contributed by atoms with Crippen molar-refractivity contribution in [3.8, 4) is 0 Å². The Morgan fingerprint density at radius 2 is 1.95 bits per heavy atom. The van der Waals surface area contributed by atoms with Crippen LogP contribution in [0.25, 0.3) is 0 Å². The largest absolute Gasteiger partial charge is 0.481 e. The number of carbonyl (C=O) groups is 1. The summed E-state index contributed by atoms with van der Waals surface area (Å²) in [6.45, 7) is 1.41. The van der Waals surface area contributed by atoms with E-state index in [0.29, 0.717) is 11.8 Å². The van der Waals surface area contributed by atoms with Crippen LogP contribution in [0.2, 0.25) is 0 Å². The maximum Gasteiger partial charge on any atom is 0.314 e. The van der Waals surface area contributed by atoms with Crippen LogP contribution in [-0.4, -0.2) is 11.1 Å². The monoisotopic (exact) mass is 266 g/mol. The Kier molecular flexibility index (Phi) is 3.38. The van der Waals surface area contributed by atoms with Crippen LogP contribution in [0.1, 0.15) is 18.2 Å². The van der Waals surface area contributed by atoms with E-state index in [0.717, 1.165) is 12.1 Å². The van der Waals surface area contributed by atoms with Gasteiger partial charge in [-0.1, -0.05) is 0 Å². The minimum absolute atomic E-state index is 0.0121. The topological polar surface area (TPSA) is 50.4 Å². The molecule has 0 aliphatic heterocycles. The van der Waals surface area contributed by atoms with E-state index >= 15 is 0 Å². The van der Waals surface area contributed by atoms with E-state index in [4.69, 9.17) is 4.42 Å². The second-order valence-electron chi connectivity index (χ2n) is 4.55. The summed E-state index contributed by atoms with van der Waals surface area (Å²) in [5, 5.41) is 9.38. The number of hydrogen-bond donors (Lipinski definition) is 1. The van der Waals surface area contributed by atoms with E-state index in [9.17, 15) is 18.7 Å². The highest BCUT2D eigenvalue weighted by Gasteiger charge is 2.37. The molecule has 3 nitrogen and oxygen atoms in total. The van der Waals surface area contributed by atoms with Crippen LogP contribution in [0.3, 0.4) is 0 Å². The molecule has 19 heavy (non-hydrogen) atoms. The first-order chi connectivity index (χ1) is 8.91.